The van der Waals surface area contributed by atoms with Crippen LogP contribution in [-0.2, 0) is 26.7 Å². The van der Waals surface area contributed by atoms with Gasteiger partial charge in [0, 0.05) is 43.7 Å². The first-order valence-corrected chi connectivity index (χ1v) is 16.6. The van der Waals surface area contributed by atoms with Crippen molar-refractivity contribution in [1.82, 2.24) is 30.7 Å². The number of pyridine rings is 1. The van der Waals surface area contributed by atoms with Crippen molar-refractivity contribution in [2.24, 2.45) is 7.05 Å². The largest absolute Gasteiger partial charge is 0.506 e. The molecule has 2 atom stereocenters. The second-order valence-corrected chi connectivity index (χ2v) is 12.3. The summed E-state index contributed by atoms with van der Waals surface area (Å²) in [6, 6.07) is 27.7. The number of halogens is 1. The van der Waals surface area contributed by atoms with Gasteiger partial charge in [-0.2, -0.15) is 5.10 Å². The number of hydrogen-bond donors (Lipinski definition) is 7. The van der Waals surface area contributed by atoms with Crippen molar-refractivity contribution >= 4 is 22.9 Å². The molecule has 0 radical (unpaired) electrons. The molecule has 0 fully saturated rings. The van der Waals surface area contributed by atoms with E-state index >= 15 is 0 Å². The van der Waals surface area contributed by atoms with Crippen LogP contribution in [-0.4, -0.2) is 48.6 Å². The third-order valence-corrected chi connectivity index (χ3v) is 8.68. The fourth-order valence-electron chi connectivity index (χ4n) is 5.94. The number of fused-ring (bicyclic) bond motifs is 1. The molecule has 0 saturated carbocycles. The zero-order chi connectivity index (χ0) is 37.5. The normalized spacial score (nSPS) is 12.3. The second kappa shape index (κ2) is 16.2. The predicted octanol–water partition coefficient (Wildman–Crippen LogP) is 4.80. The lowest BCUT2D eigenvalue weighted by atomic mass is 9.99. The lowest BCUT2D eigenvalue weighted by molar-refractivity contribution is 0.0945. The lowest BCUT2D eigenvalue weighted by Crippen LogP contribution is -2.27. The third-order valence-electron chi connectivity index (χ3n) is 8.68. The molecule has 6 aromatic rings. The fraction of sp³-hybridized carbons (Fsp3) is 0.179. The summed E-state index contributed by atoms with van der Waals surface area (Å²) in [5.41, 5.74) is 3.49. The van der Waals surface area contributed by atoms with Gasteiger partial charge in [0.15, 0.2) is 5.69 Å². The van der Waals surface area contributed by atoms with Crippen LogP contribution in [0.3, 0.4) is 0 Å². The van der Waals surface area contributed by atoms with Crippen LogP contribution in [0.5, 0.6) is 11.5 Å². The number of phenolic OH excluding ortho intramolecular Hbond substituents is 1. The topological polar surface area (TPSA) is 191 Å². The number of nitrogens with one attached hydrogen (secondary N) is 4. The molecule has 272 valence electrons. The molecular weight excluding hydrogens is 683 g/mol. The number of carboxylic acid groups (broad SMARTS) is 1. The van der Waals surface area contributed by atoms with Crippen molar-refractivity contribution in [3.05, 3.63) is 159 Å². The number of carbonyl (C=O) groups is 2. The smallest absolute Gasteiger partial charge is 0.405 e. The minimum Gasteiger partial charge on any atom is -0.506 e. The van der Waals surface area contributed by atoms with E-state index in [0.29, 0.717) is 39.1 Å². The number of phenols is 1. The Balaban J connectivity index is 1.01. The molecule has 0 aliphatic rings. The van der Waals surface area contributed by atoms with E-state index in [1.807, 2.05) is 36.4 Å². The Morgan fingerprint density at radius 2 is 1.74 bits per heavy atom. The number of H-pyrrole nitrogens is 1. The number of aliphatic hydroxyl groups excluding tert-OH is 1. The van der Waals surface area contributed by atoms with Crippen LogP contribution in [0.4, 0.5) is 9.18 Å². The highest BCUT2D eigenvalue weighted by atomic mass is 19.1. The number of hydrogen-bond acceptors (Lipinski definition) is 8. The standard InChI is InChI=1S/C39H37FN6O7/c1-46-27(22-53-28-9-5-8-25(17-28)36(44-39(51)52)24-6-3-2-4-7-24)18-32(45-46)38(50)42-19-23-10-11-26(31(40)16-23)20-41-21-34(48)29-12-14-33(47)37-30(29)13-15-35(49)43-37/h2-18,34,36,41,44,47-48H,19-22H2,1H3,(H,42,50)(H,43,49)(H,51,52). The van der Waals surface area contributed by atoms with E-state index < -0.39 is 30.0 Å². The highest BCUT2D eigenvalue weighted by molar-refractivity contribution is 5.92. The van der Waals surface area contributed by atoms with Gasteiger partial charge < -0.3 is 41.0 Å². The van der Waals surface area contributed by atoms with Crippen LogP contribution < -0.4 is 26.2 Å². The maximum absolute atomic E-state index is 15.0. The van der Waals surface area contributed by atoms with Crippen molar-refractivity contribution in [2.75, 3.05) is 6.54 Å². The number of aromatic nitrogens is 3. The summed E-state index contributed by atoms with van der Waals surface area (Å²) in [5.74, 6) is -0.544. The number of carbonyl (C=O) groups excluding carboxylic acids is 1. The minimum atomic E-state index is -1.16. The van der Waals surface area contributed by atoms with Gasteiger partial charge in [-0.15, -0.1) is 0 Å². The highest BCUT2D eigenvalue weighted by Crippen LogP contribution is 2.29. The van der Waals surface area contributed by atoms with E-state index in [-0.39, 0.29) is 48.8 Å². The molecule has 6 rings (SSSR count). The summed E-state index contributed by atoms with van der Waals surface area (Å²) >= 11 is 0. The first-order chi connectivity index (χ1) is 25.5. The minimum absolute atomic E-state index is 0.0559. The van der Waals surface area contributed by atoms with E-state index in [2.05, 4.69) is 26.0 Å². The van der Waals surface area contributed by atoms with E-state index in [1.165, 1.54) is 28.9 Å². The van der Waals surface area contributed by atoms with Gasteiger partial charge in [-0.1, -0.05) is 60.7 Å². The monoisotopic (exact) mass is 720 g/mol. The predicted molar refractivity (Wildman–Crippen MR) is 194 cm³/mol. The Hall–Kier alpha value is -6.51. The number of aromatic amines is 1. The Morgan fingerprint density at radius 1 is 0.943 bits per heavy atom. The van der Waals surface area contributed by atoms with E-state index in [9.17, 15) is 34.1 Å². The van der Waals surface area contributed by atoms with Crippen molar-refractivity contribution in [3.8, 4) is 11.5 Å². The van der Waals surface area contributed by atoms with Crippen molar-refractivity contribution in [3.63, 3.8) is 0 Å². The summed E-state index contributed by atoms with van der Waals surface area (Å²) in [4.78, 5) is 38.7. The number of aromatic hydroxyl groups is 1. The number of benzene rings is 4. The van der Waals surface area contributed by atoms with E-state index in [1.54, 1.807) is 49.5 Å². The number of nitrogens with zero attached hydrogens (tertiary/aromatic N) is 2. The molecule has 2 amide bonds. The Labute approximate surface area is 302 Å². The second-order valence-electron chi connectivity index (χ2n) is 12.3. The molecule has 0 aliphatic carbocycles. The maximum atomic E-state index is 15.0. The van der Waals surface area contributed by atoms with Crippen LogP contribution in [0.15, 0.2) is 108 Å². The molecule has 2 unspecified atom stereocenters. The third kappa shape index (κ3) is 8.87. The molecule has 0 bridgehead atoms. The zero-order valence-electron chi connectivity index (χ0n) is 28.5. The molecule has 14 heteroatoms. The van der Waals surface area contributed by atoms with Gasteiger partial charge in [0.2, 0.25) is 5.56 Å². The molecule has 0 spiro atoms. The fourth-order valence-corrected chi connectivity index (χ4v) is 5.94. The summed E-state index contributed by atoms with van der Waals surface area (Å²) in [7, 11) is 1.68. The molecule has 0 aliphatic heterocycles. The molecule has 53 heavy (non-hydrogen) atoms. The molecule has 2 heterocycles. The summed E-state index contributed by atoms with van der Waals surface area (Å²) in [5, 5.41) is 43.4. The SMILES string of the molecule is Cn1nc(C(=O)NCc2ccc(CNCC(O)c3ccc(O)c4[nH]c(=O)ccc34)c(F)c2)cc1COc1cccc(C(NC(=O)O)c2ccccc2)c1. The van der Waals surface area contributed by atoms with Crippen molar-refractivity contribution in [1.29, 1.82) is 0 Å². The summed E-state index contributed by atoms with van der Waals surface area (Å²) < 4.78 is 22.5. The average Bonchev–Trinajstić information content (AvgIpc) is 3.53. The van der Waals surface area contributed by atoms with Gasteiger partial charge in [0.25, 0.3) is 5.91 Å². The van der Waals surface area contributed by atoms with Crippen LogP contribution in [0, 0.1) is 5.82 Å². The molecule has 2 aromatic heterocycles. The Morgan fingerprint density at radius 3 is 2.51 bits per heavy atom. The van der Waals surface area contributed by atoms with Gasteiger partial charge in [-0.25, -0.2) is 9.18 Å². The zero-order valence-corrected chi connectivity index (χ0v) is 28.5. The molecule has 0 saturated heterocycles. The molecule has 4 aromatic carbocycles. The van der Waals surface area contributed by atoms with Crippen LogP contribution in [0.2, 0.25) is 0 Å². The quantitative estimate of drug-likeness (QED) is 0.0829. The van der Waals surface area contributed by atoms with Gasteiger partial charge in [-0.05, 0) is 58.7 Å². The maximum Gasteiger partial charge on any atom is 0.405 e. The van der Waals surface area contributed by atoms with Gasteiger partial charge in [-0.3, -0.25) is 14.3 Å². The van der Waals surface area contributed by atoms with Crippen molar-refractivity contribution < 1.29 is 34.0 Å². The first kappa shape index (κ1) is 36.3. The number of amides is 2. The highest BCUT2D eigenvalue weighted by Gasteiger charge is 2.19. The molecule has 7 N–H and O–H groups in total. The average molecular weight is 721 g/mol. The van der Waals surface area contributed by atoms with Crippen molar-refractivity contribution in [2.45, 2.75) is 31.8 Å². The molecular formula is C39H37FN6O7. The Kier molecular flexibility index (Phi) is 11.1. The van der Waals surface area contributed by atoms with E-state index in [0.717, 1.165) is 5.56 Å². The van der Waals surface area contributed by atoms with E-state index in [4.69, 9.17) is 4.74 Å². The first-order valence-electron chi connectivity index (χ1n) is 16.6. The Bertz CT molecular complexity index is 2310. The van der Waals surface area contributed by atoms with Gasteiger partial charge in [0.05, 0.1) is 23.4 Å². The lowest BCUT2D eigenvalue weighted by Gasteiger charge is -2.19. The summed E-state index contributed by atoms with van der Waals surface area (Å²) in [6.07, 6.45) is -2.15. The number of rotatable bonds is 14. The van der Waals surface area contributed by atoms with Crippen LogP contribution in [0.25, 0.3) is 10.9 Å². The number of aliphatic hydroxyl groups is 1. The van der Waals surface area contributed by atoms with Crippen LogP contribution in [0.1, 0.15) is 56.1 Å². The van der Waals surface area contributed by atoms with Crippen LogP contribution >= 0.6 is 0 Å². The van der Waals surface area contributed by atoms with Gasteiger partial charge in [0.1, 0.15) is 23.9 Å². The number of ether oxygens (including phenoxy) is 1. The summed E-state index contributed by atoms with van der Waals surface area (Å²) in [6.45, 7) is 0.351. The molecule has 13 nitrogen and oxygen atoms in total. The van der Waals surface area contributed by atoms with Gasteiger partial charge >= 0.3 is 6.09 Å². The number of aryl methyl sites for hydroxylation is 1.